The predicted molar refractivity (Wildman–Crippen MR) is 2.06 cm³/mol. The first-order valence-corrected chi connectivity index (χ1v) is 1.29. The second-order valence-corrected chi connectivity index (χ2v) is 0. The average molecular weight is 270 g/mol. The fourth-order valence-electron chi connectivity index (χ4n) is 0. The molecule has 0 aliphatic rings. The summed E-state index contributed by atoms with van der Waals surface area (Å²) in [5, 5.41) is 0. The van der Waals surface area contributed by atoms with Crippen LogP contribution in [-0.4, -0.2) is 0 Å². The molecule has 0 heterocycles. The third-order valence-corrected chi connectivity index (χ3v) is 0. The molecule has 0 N–H and O–H groups in total. The zero-order chi connectivity index (χ0) is 4.00. The van der Waals surface area contributed by atoms with Crippen LogP contribution in [0, 0.1) is 0 Å². The van der Waals surface area contributed by atoms with Gasteiger partial charge in [-0.15, -0.1) is 0 Å². The summed E-state index contributed by atoms with van der Waals surface area (Å²) < 4.78 is 16.0. The van der Waals surface area contributed by atoms with Crippen LogP contribution in [-0.2, 0) is 66.4 Å². The molecule has 0 aliphatic carbocycles. The standard InChI is InChI=1S/Ag.Co.Mn.3O/q;;+2;;;-2. The van der Waals surface area contributed by atoms with Crippen LogP contribution in [0.4, 0.5) is 0 Å². The maximum absolute atomic E-state index is 8.06. The van der Waals surface area contributed by atoms with Gasteiger partial charge in [0.05, 0.1) is 0 Å². The van der Waals surface area contributed by atoms with Gasteiger partial charge in [-0.3, -0.25) is 0 Å². The average Bonchev–Trinajstić information content (AvgIpc) is 1.50. The zero-order valence-corrected chi connectivity index (χ0v) is 5.94. The van der Waals surface area contributed by atoms with Crippen molar-refractivity contribution in [3.63, 3.8) is 0 Å². The Labute approximate surface area is 66.1 Å². The van der Waals surface area contributed by atoms with E-state index in [0.717, 1.165) is 0 Å². The van der Waals surface area contributed by atoms with Gasteiger partial charge in [0, 0.05) is 0 Å². The maximum atomic E-state index is 8.06. The molecule has 6 heavy (non-hydrogen) atoms. The van der Waals surface area contributed by atoms with E-state index in [1.54, 1.807) is 21.0 Å². The van der Waals surface area contributed by atoms with Crippen LogP contribution in [0.5, 0.6) is 0 Å². The molecule has 0 aromatic carbocycles. The molecular formula is AgCoMnO3. The van der Waals surface area contributed by atoms with Crippen molar-refractivity contribution in [2.24, 2.45) is 0 Å². The minimum atomic E-state index is 0. The molecule has 0 bridgehead atoms. The van der Waals surface area contributed by atoms with Crippen molar-refractivity contribution in [3.8, 4) is 0 Å². The van der Waals surface area contributed by atoms with E-state index in [4.69, 9.17) is 7.12 Å². The molecule has 0 aliphatic heterocycles. The summed E-state index contributed by atoms with van der Waals surface area (Å²) in [6, 6.07) is 0. The fourth-order valence-corrected chi connectivity index (χ4v) is 0. The third kappa shape index (κ3) is 56.7. The van der Waals surface area contributed by atoms with Gasteiger partial charge in [0.15, 0.2) is 0 Å². The molecule has 45 valence electrons. The summed E-state index contributed by atoms with van der Waals surface area (Å²) in [6.45, 7) is 0. The number of hydrogen-bond donors (Lipinski definition) is 0. The van der Waals surface area contributed by atoms with Crippen molar-refractivity contribution in [2.75, 3.05) is 0 Å². The van der Waals surface area contributed by atoms with Crippen LogP contribution < -0.4 is 0 Å². The predicted octanol–water partition coefficient (Wildman–Crippen LogP) is -0.364. The van der Waals surface area contributed by atoms with E-state index in [-0.39, 0.29) is 22.5 Å². The van der Waals surface area contributed by atoms with E-state index < -0.39 is 0 Å². The first-order chi connectivity index (χ1) is 2.00. The van der Waals surface area contributed by atoms with Crippen LogP contribution in [0.15, 0.2) is 0 Å². The molecule has 0 unspecified atom stereocenters. The third-order valence-electron chi connectivity index (χ3n) is 0. The van der Waals surface area contributed by atoms with Crippen molar-refractivity contribution in [1.29, 1.82) is 0 Å². The Morgan fingerprint density at radius 3 is 1.17 bits per heavy atom. The van der Waals surface area contributed by atoms with Crippen LogP contribution in [0.1, 0.15) is 0 Å². The van der Waals surface area contributed by atoms with E-state index >= 15 is 0 Å². The van der Waals surface area contributed by atoms with E-state index in [0.29, 0.717) is 0 Å². The van der Waals surface area contributed by atoms with Crippen molar-refractivity contribution in [2.45, 2.75) is 0 Å². The molecule has 0 spiro atoms. The molecule has 0 aromatic rings. The van der Waals surface area contributed by atoms with Crippen molar-refractivity contribution >= 4 is 0 Å². The van der Waals surface area contributed by atoms with Gasteiger partial charge in [-0.05, 0) is 0 Å². The van der Waals surface area contributed by atoms with Gasteiger partial charge >= 0.3 is 60.9 Å². The number of hydrogen-bond acceptors (Lipinski definition) is 2. The van der Waals surface area contributed by atoms with Gasteiger partial charge in [-0.25, -0.2) is 0 Å². The van der Waals surface area contributed by atoms with Gasteiger partial charge in [0.1, 0.15) is 0 Å². The SMILES string of the molecule is [Mn+2].[O-2].[O]=[Ag].[O]=[Co]. The normalized spacial score (nSPS) is 1.83. The topological polar surface area (TPSA) is 62.6 Å². The van der Waals surface area contributed by atoms with Crippen LogP contribution in [0.3, 0.4) is 0 Å². The van der Waals surface area contributed by atoms with Crippen molar-refractivity contribution in [3.05, 3.63) is 0 Å². The molecule has 3 nitrogen and oxygen atoms in total. The second kappa shape index (κ2) is 102. The molecule has 0 rings (SSSR count). The molecule has 0 amide bonds. The number of rotatable bonds is 0. The summed E-state index contributed by atoms with van der Waals surface area (Å²) >= 11 is 4.01. The monoisotopic (exact) mass is 269 g/mol. The van der Waals surface area contributed by atoms with Crippen LogP contribution in [0.2, 0.25) is 0 Å². The molecule has 0 saturated carbocycles. The molecule has 1 radical (unpaired) electrons. The van der Waals surface area contributed by atoms with Crippen LogP contribution >= 0.6 is 0 Å². The summed E-state index contributed by atoms with van der Waals surface area (Å²) in [6.07, 6.45) is 0. The van der Waals surface area contributed by atoms with E-state index in [1.165, 1.54) is 0 Å². The Morgan fingerprint density at radius 2 is 1.17 bits per heavy atom. The first kappa shape index (κ1) is 26.5. The second-order valence-electron chi connectivity index (χ2n) is 0. The molecular weight excluding hydrogens is 270 g/mol. The molecule has 0 atom stereocenters. The van der Waals surface area contributed by atoms with E-state index in [2.05, 4.69) is 15.7 Å². The zero-order valence-electron chi connectivity index (χ0n) is 2.24. The summed E-state index contributed by atoms with van der Waals surface area (Å²) in [4.78, 5) is 0. The summed E-state index contributed by atoms with van der Waals surface area (Å²) in [5.41, 5.74) is 0. The van der Waals surface area contributed by atoms with E-state index in [9.17, 15) is 0 Å². The molecule has 0 fully saturated rings. The van der Waals surface area contributed by atoms with Crippen molar-refractivity contribution < 1.29 is 66.4 Å². The van der Waals surface area contributed by atoms with Gasteiger partial charge < -0.3 is 5.48 Å². The Bertz CT molecular complexity index is 12.8. The fraction of sp³-hybridized carbons (Fsp3) is 0. The Morgan fingerprint density at radius 1 is 1.17 bits per heavy atom. The van der Waals surface area contributed by atoms with Gasteiger partial charge in [-0.2, -0.15) is 0 Å². The van der Waals surface area contributed by atoms with Gasteiger partial charge in [0.2, 0.25) is 0 Å². The minimum absolute atomic E-state index is 0. The quantitative estimate of drug-likeness (QED) is 0.564. The van der Waals surface area contributed by atoms with Gasteiger partial charge in [-0.1, -0.05) is 0 Å². The Kier molecular flexibility index (Phi) is 451. The summed E-state index contributed by atoms with van der Waals surface area (Å²) in [5.74, 6) is 0. The Balaban J connectivity index is -0.00000000500. The van der Waals surface area contributed by atoms with Gasteiger partial charge in [0.25, 0.3) is 0 Å². The summed E-state index contributed by atoms with van der Waals surface area (Å²) in [7, 11) is 0. The van der Waals surface area contributed by atoms with Crippen molar-refractivity contribution in [1.82, 2.24) is 0 Å². The molecule has 6 heteroatoms. The Hall–Kier alpha value is 1.33. The molecule has 0 aromatic heterocycles. The first-order valence-electron chi connectivity index (χ1n) is 0.259. The van der Waals surface area contributed by atoms with E-state index in [1.807, 2.05) is 0 Å². The molecule has 0 saturated heterocycles. The van der Waals surface area contributed by atoms with Crippen LogP contribution in [0.25, 0.3) is 0 Å².